The Morgan fingerprint density at radius 2 is 1.38 bits per heavy atom. The molecule has 1 amide bonds. The summed E-state index contributed by atoms with van der Waals surface area (Å²) >= 11 is 0. The molecule has 0 aliphatic carbocycles. The van der Waals surface area contributed by atoms with Crippen LogP contribution in [0, 0.1) is 0 Å². The van der Waals surface area contributed by atoms with E-state index in [2.05, 4.69) is 4.74 Å². The monoisotopic (exact) mass is 605 g/mol. The van der Waals surface area contributed by atoms with Crippen molar-refractivity contribution in [2.75, 3.05) is 21.3 Å². The summed E-state index contributed by atoms with van der Waals surface area (Å²) in [5, 5.41) is 0. The fourth-order valence-corrected chi connectivity index (χ4v) is 4.14. The molecule has 0 aliphatic rings. The van der Waals surface area contributed by atoms with Gasteiger partial charge in [0, 0.05) is 38.4 Å². The van der Waals surface area contributed by atoms with Crippen molar-refractivity contribution < 1.29 is 49.4 Å². The molecule has 0 N–H and O–H groups in total. The number of alkyl halides is 8. The lowest BCUT2D eigenvalue weighted by Gasteiger charge is -2.23. The summed E-state index contributed by atoms with van der Waals surface area (Å²) < 4.78 is 117. The van der Waals surface area contributed by atoms with Crippen molar-refractivity contribution in [1.82, 2.24) is 4.90 Å². The highest BCUT2D eigenvalue weighted by Crippen LogP contribution is 2.39. The number of hydrogen-bond donors (Lipinski definition) is 0. The van der Waals surface area contributed by atoms with Gasteiger partial charge in [-0.2, -0.15) is 26.3 Å². The number of hydrogen-bond acceptors (Lipinski definition) is 3. The zero-order chi connectivity index (χ0) is 31.8. The summed E-state index contributed by atoms with van der Waals surface area (Å²) in [5.74, 6) is 0.432. The van der Waals surface area contributed by atoms with E-state index < -0.39 is 48.6 Å². The molecule has 0 aromatic heterocycles. The number of ether oxygens (including phenoxy) is 2. The Labute approximate surface area is 238 Å². The number of nitrogens with zero attached hydrogens (tertiary/aromatic N) is 1. The van der Waals surface area contributed by atoms with E-state index in [1.165, 1.54) is 13.2 Å². The molecule has 12 heteroatoms. The Morgan fingerprint density at radius 3 is 1.88 bits per heavy atom. The molecule has 3 rings (SSSR count). The second kappa shape index (κ2) is 14.5. The largest absolute Gasteiger partial charge is 0.496 e. The molecule has 4 nitrogen and oxygen atoms in total. The third-order valence-electron chi connectivity index (χ3n) is 6.12. The third-order valence-corrected chi connectivity index (χ3v) is 6.12. The van der Waals surface area contributed by atoms with Crippen LogP contribution in [0.1, 0.15) is 59.6 Å². The number of halogens is 8. The standard InChI is InChI=1S/C28H25F8NO2.C2H6O/c1-16(2)18-4-7-25(39-3)24(12-18)23-6-5-21(27(31,32)33)11-20(23)14-37(15-38)13-17-8-19(26(29)30)10-22(9-17)28(34,35)36;1-3-2/h4-12,15-16,26H,13-14H2,1-3H3;1-2H3. The zero-order valence-corrected chi connectivity index (χ0v) is 23.5. The maximum absolute atomic E-state index is 13.6. The van der Waals surface area contributed by atoms with Gasteiger partial charge in [-0.15, -0.1) is 0 Å². The lowest BCUT2D eigenvalue weighted by atomic mass is 9.92. The second-order valence-electron chi connectivity index (χ2n) is 9.66. The molecule has 42 heavy (non-hydrogen) atoms. The first kappa shape index (κ1) is 34.5. The summed E-state index contributed by atoms with van der Waals surface area (Å²) in [6, 6.07) is 9.98. The van der Waals surface area contributed by atoms with E-state index >= 15 is 0 Å². The number of carbonyl (C=O) groups excluding carboxylic acids is 1. The first-order chi connectivity index (χ1) is 19.5. The highest BCUT2D eigenvalue weighted by molar-refractivity contribution is 5.75. The van der Waals surface area contributed by atoms with Crippen molar-refractivity contribution in [2.45, 2.75) is 51.6 Å². The molecule has 230 valence electrons. The van der Waals surface area contributed by atoms with Crippen LogP contribution in [-0.4, -0.2) is 32.6 Å². The van der Waals surface area contributed by atoms with Crippen LogP contribution in [0.4, 0.5) is 35.1 Å². The summed E-state index contributed by atoms with van der Waals surface area (Å²) in [7, 11) is 4.64. The molecule has 0 saturated heterocycles. The van der Waals surface area contributed by atoms with Crippen molar-refractivity contribution >= 4 is 6.41 Å². The normalized spacial score (nSPS) is 11.8. The first-order valence-corrected chi connectivity index (χ1v) is 12.5. The molecular weight excluding hydrogens is 574 g/mol. The van der Waals surface area contributed by atoms with E-state index in [4.69, 9.17) is 4.74 Å². The number of rotatable bonds is 9. The van der Waals surface area contributed by atoms with Gasteiger partial charge in [0.1, 0.15) is 5.75 Å². The maximum atomic E-state index is 13.6. The lowest BCUT2D eigenvalue weighted by Crippen LogP contribution is -2.22. The van der Waals surface area contributed by atoms with Gasteiger partial charge in [-0.3, -0.25) is 4.79 Å². The van der Waals surface area contributed by atoms with E-state index in [0.29, 0.717) is 29.0 Å². The molecule has 0 bridgehead atoms. The average Bonchev–Trinajstić information content (AvgIpc) is 2.91. The summed E-state index contributed by atoms with van der Waals surface area (Å²) in [5.41, 5.74) is -1.78. The van der Waals surface area contributed by atoms with Gasteiger partial charge in [-0.1, -0.05) is 26.0 Å². The van der Waals surface area contributed by atoms with Crippen LogP contribution in [0.25, 0.3) is 11.1 Å². The minimum Gasteiger partial charge on any atom is -0.496 e. The smallest absolute Gasteiger partial charge is 0.416 e. The van der Waals surface area contributed by atoms with Gasteiger partial charge in [0.2, 0.25) is 6.41 Å². The van der Waals surface area contributed by atoms with Crippen molar-refractivity contribution in [1.29, 1.82) is 0 Å². The van der Waals surface area contributed by atoms with Gasteiger partial charge in [-0.05, 0) is 70.6 Å². The average molecular weight is 606 g/mol. The van der Waals surface area contributed by atoms with Crippen molar-refractivity contribution in [2.24, 2.45) is 0 Å². The van der Waals surface area contributed by atoms with E-state index in [-0.39, 0.29) is 23.5 Å². The third kappa shape index (κ3) is 9.17. The molecule has 0 fully saturated rings. The second-order valence-corrected chi connectivity index (χ2v) is 9.66. The highest BCUT2D eigenvalue weighted by Gasteiger charge is 2.33. The minimum absolute atomic E-state index is 0.0391. The van der Waals surface area contributed by atoms with Crippen LogP contribution in [0.2, 0.25) is 0 Å². The Morgan fingerprint density at radius 1 is 0.762 bits per heavy atom. The topological polar surface area (TPSA) is 38.8 Å². The van der Waals surface area contributed by atoms with E-state index in [1.54, 1.807) is 26.4 Å². The summed E-state index contributed by atoms with van der Waals surface area (Å²) in [6.45, 7) is 2.86. The summed E-state index contributed by atoms with van der Waals surface area (Å²) in [6.07, 6.45) is -12.6. The maximum Gasteiger partial charge on any atom is 0.416 e. The van der Waals surface area contributed by atoms with Gasteiger partial charge in [0.25, 0.3) is 6.43 Å². The molecule has 0 aliphatic heterocycles. The number of carbonyl (C=O) groups is 1. The van der Waals surface area contributed by atoms with E-state index in [0.717, 1.165) is 28.7 Å². The summed E-state index contributed by atoms with van der Waals surface area (Å²) in [4.78, 5) is 12.8. The molecule has 3 aromatic rings. The molecule has 0 radical (unpaired) electrons. The molecule has 0 saturated carbocycles. The Bertz CT molecular complexity index is 1340. The van der Waals surface area contributed by atoms with Crippen LogP contribution in [-0.2, 0) is 35.0 Å². The quantitative estimate of drug-likeness (QED) is 0.181. The van der Waals surface area contributed by atoms with Crippen molar-refractivity contribution in [3.8, 4) is 16.9 Å². The number of methoxy groups -OCH3 is 2. The van der Waals surface area contributed by atoms with Crippen LogP contribution in [0.5, 0.6) is 5.75 Å². The predicted octanol–water partition coefficient (Wildman–Crippen LogP) is 8.88. The van der Waals surface area contributed by atoms with Crippen molar-refractivity contribution in [3.05, 3.63) is 88.0 Å². The fraction of sp³-hybridized carbons (Fsp3) is 0.367. The predicted molar refractivity (Wildman–Crippen MR) is 142 cm³/mol. The van der Waals surface area contributed by atoms with Crippen LogP contribution >= 0.6 is 0 Å². The Kier molecular flexibility index (Phi) is 11.9. The van der Waals surface area contributed by atoms with Crippen LogP contribution in [0.3, 0.4) is 0 Å². The molecule has 0 unspecified atom stereocenters. The molecule has 0 heterocycles. The van der Waals surface area contributed by atoms with Gasteiger partial charge in [0.05, 0.1) is 18.2 Å². The Hall–Kier alpha value is -3.67. The van der Waals surface area contributed by atoms with Crippen molar-refractivity contribution in [3.63, 3.8) is 0 Å². The van der Waals surface area contributed by atoms with Crippen LogP contribution in [0.15, 0.2) is 54.6 Å². The molecule has 3 aromatic carbocycles. The van der Waals surface area contributed by atoms with Gasteiger partial charge >= 0.3 is 12.4 Å². The van der Waals surface area contributed by atoms with E-state index in [9.17, 15) is 39.9 Å². The molecular formula is C30H31F8NO3. The lowest BCUT2D eigenvalue weighted by molar-refractivity contribution is -0.138. The zero-order valence-electron chi connectivity index (χ0n) is 23.5. The highest BCUT2D eigenvalue weighted by atomic mass is 19.4. The number of benzene rings is 3. The van der Waals surface area contributed by atoms with Crippen LogP contribution < -0.4 is 4.74 Å². The fourth-order valence-electron chi connectivity index (χ4n) is 4.14. The first-order valence-electron chi connectivity index (χ1n) is 12.5. The van der Waals surface area contributed by atoms with E-state index in [1.807, 2.05) is 19.9 Å². The minimum atomic E-state index is -4.92. The number of amides is 1. The molecule has 0 atom stereocenters. The van der Waals surface area contributed by atoms with Gasteiger partial charge in [0.15, 0.2) is 0 Å². The SMILES string of the molecule is COC.COc1ccc(C(C)C)cc1-c1ccc(C(F)(F)F)cc1CN(C=O)Cc1cc(C(F)F)cc(C(F)(F)F)c1. The molecule has 0 spiro atoms. The van der Waals surface area contributed by atoms with Gasteiger partial charge in [-0.25, -0.2) is 8.78 Å². The Balaban J connectivity index is 0.00000197. The van der Waals surface area contributed by atoms with Gasteiger partial charge < -0.3 is 14.4 Å².